The van der Waals surface area contributed by atoms with Crippen molar-refractivity contribution in [2.75, 3.05) is 25.4 Å². The Morgan fingerprint density at radius 1 is 1.23 bits per heavy atom. The zero-order valence-electron chi connectivity index (χ0n) is 7.45. The molecule has 0 N–H and O–H groups in total. The molecule has 13 heavy (non-hydrogen) atoms. The normalized spacial score (nSPS) is 20.1. The summed E-state index contributed by atoms with van der Waals surface area (Å²) in [6.07, 6.45) is 5.98. The summed E-state index contributed by atoms with van der Waals surface area (Å²) in [5.74, 6) is -0.0671. The molecule has 0 radical (unpaired) electrons. The molecule has 1 aliphatic rings. The lowest BCUT2D eigenvalue weighted by Gasteiger charge is -2.10. The van der Waals surface area contributed by atoms with E-state index in [-0.39, 0.29) is 5.75 Å². The second-order valence-electron chi connectivity index (χ2n) is 3.18. The van der Waals surface area contributed by atoms with Crippen molar-refractivity contribution in [1.82, 2.24) is 4.90 Å². The molecule has 0 saturated carbocycles. The van der Waals surface area contributed by atoms with Crippen LogP contribution in [0, 0.1) is 0 Å². The summed E-state index contributed by atoms with van der Waals surface area (Å²) in [4.78, 5) is 2.29. The van der Waals surface area contributed by atoms with E-state index in [4.69, 9.17) is 10.7 Å². The van der Waals surface area contributed by atoms with Crippen LogP contribution in [0.5, 0.6) is 0 Å². The fourth-order valence-corrected chi connectivity index (χ4v) is 1.96. The highest BCUT2D eigenvalue weighted by atomic mass is 35.7. The van der Waals surface area contributed by atoms with E-state index >= 15 is 0 Å². The third kappa shape index (κ3) is 5.29. The number of nitrogens with zero attached hydrogens (tertiary/aromatic N) is 1. The first-order chi connectivity index (χ1) is 6.08. The van der Waals surface area contributed by atoms with Crippen LogP contribution in [-0.4, -0.2) is 38.7 Å². The fourth-order valence-electron chi connectivity index (χ4n) is 1.37. The zero-order valence-corrected chi connectivity index (χ0v) is 9.02. The van der Waals surface area contributed by atoms with Gasteiger partial charge in [-0.15, -0.1) is 0 Å². The summed E-state index contributed by atoms with van der Waals surface area (Å²) in [6.45, 7) is 3.09. The van der Waals surface area contributed by atoms with Crippen LogP contribution in [0.4, 0.5) is 0 Å². The lowest BCUT2D eigenvalue weighted by Crippen LogP contribution is -2.18. The summed E-state index contributed by atoms with van der Waals surface area (Å²) < 4.78 is 21.1. The van der Waals surface area contributed by atoms with Gasteiger partial charge in [0.2, 0.25) is 9.05 Å². The molecule has 1 fully saturated rings. The molecule has 76 valence electrons. The molecule has 0 unspecified atom stereocenters. The molecular formula is C8H14ClNO2S. The Bertz CT molecular complexity index is 268. The van der Waals surface area contributed by atoms with E-state index in [1.807, 2.05) is 6.08 Å². The molecule has 0 aromatic heterocycles. The Kier molecular flexibility index (Phi) is 4.22. The van der Waals surface area contributed by atoms with Crippen LogP contribution >= 0.6 is 10.7 Å². The van der Waals surface area contributed by atoms with E-state index in [0.717, 1.165) is 19.6 Å². The Hall–Kier alpha value is -0.0600. The van der Waals surface area contributed by atoms with Crippen molar-refractivity contribution in [2.24, 2.45) is 0 Å². The standard InChI is InChI=1S/C8H14ClNO2S/c9-13(11,12)8-4-3-7-10-5-1-2-6-10/h3-4H,1-2,5-8H2/b4-3-. The first-order valence-electron chi connectivity index (χ1n) is 4.37. The minimum absolute atomic E-state index is 0.0671. The first kappa shape index (κ1) is 11.0. The molecule has 0 spiro atoms. The van der Waals surface area contributed by atoms with Gasteiger partial charge in [-0.2, -0.15) is 0 Å². The molecule has 0 aromatic carbocycles. The minimum atomic E-state index is -3.35. The third-order valence-electron chi connectivity index (χ3n) is 2.02. The predicted molar refractivity (Wildman–Crippen MR) is 54.5 cm³/mol. The van der Waals surface area contributed by atoms with Crippen molar-refractivity contribution in [3.05, 3.63) is 12.2 Å². The molecule has 3 nitrogen and oxygen atoms in total. The zero-order chi connectivity index (χ0) is 9.73. The molecule has 0 aromatic rings. The van der Waals surface area contributed by atoms with Crippen LogP contribution in [0.15, 0.2) is 12.2 Å². The quantitative estimate of drug-likeness (QED) is 0.531. The van der Waals surface area contributed by atoms with E-state index in [2.05, 4.69) is 4.90 Å². The van der Waals surface area contributed by atoms with Crippen LogP contribution in [-0.2, 0) is 9.05 Å². The maximum atomic E-state index is 10.5. The van der Waals surface area contributed by atoms with Gasteiger partial charge in [0.1, 0.15) is 0 Å². The van der Waals surface area contributed by atoms with Crippen LogP contribution < -0.4 is 0 Å². The summed E-state index contributed by atoms with van der Waals surface area (Å²) in [5, 5.41) is 0. The summed E-state index contributed by atoms with van der Waals surface area (Å²) >= 11 is 0. The smallest absolute Gasteiger partial charge is 0.236 e. The molecular weight excluding hydrogens is 210 g/mol. The first-order valence-corrected chi connectivity index (χ1v) is 6.85. The van der Waals surface area contributed by atoms with Crippen molar-refractivity contribution in [2.45, 2.75) is 12.8 Å². The number of halogens is 1. The number of hydrogen-bond donors (Lipinski definition) is 0. The van der Waals surface area contributed by atoms with E-state index in [9.17, 15) is 8.42 Å². The Morgan fingerprint density at radius 3 is 2.38 bits per heavy atom. The van der Waals surface area contributed by atoms with Crippen molar-refractivity contribution >= 4 is 19.7 Å². The topological polar surface area (TPSA) is 37.4 Å². The van der Waals surface area contributed by atoms with E-state index in [1.165, 1.54) is 12.8 Å². The molecule has 0 atom stereocenters. The second kappa shape index (κ2) is 4.98. The van der Waals surface area contributed by atoms with Crippen LogP contribution in [0.3, 0.4) is 0 Å². The van der Waals surface area contributed by atoms with Crippen LogP contribution in [0.1, 0.15) is 12.8 Å². The fraction of sp³-hybridized carbons (Fsp3) is 0.750. The number of likely N-dealkylation sites (tertiary alicyclic amines) is 1. The molecule has 0 aliphatic carbocycles. The lowest BCUT2D eigenvalue weighted by molar-refractivity contribution is 0.377. The maximum Gasteiger partial charge on any atom is 0.236 e. The van der Waals surface area contributed by atoms with Gasteiger partial charge < -0.3 is 0 Å². The third-order valence-corrected chi connectivity index (χ3v) is 2.99. The second-order valence-corrected chi connectivity index (χ2v) is 6.01. The minimum Gasteiger partial charge on any atom is -0.300 e. The van der Waals surface area contributed by atoms with E-state index in [1.54, 1.807) is 6.08 Å². The molecule has 5 heteroatoms. The van der Waals surface area contributed by atoms with Crippen molar-refractivity contribution in [3.63, 3.8) is 0 Å². The highest BCUT2D eigenvalue weighted by Gasteiger charge is 2.08. The Balaban J connectivity index is 2.18. The molecule has 1 saturated heterocycles. The summed E-state index contributed by atoms with van der Waals surface area (Å²) in [6, 6.07) is 0. The van der Waals surface area contributed by atoms with Crippen molar-refractivity contribution < 1.29 is 8.42 Å². The molecule has 1 heterocycles. The molecule has 1 rings (SSSR count). The number of hydrogen-bond acceptors (Lipinski definition) is 3. The number of rotatable bonds is 4. The van der Waals surface area contributed by atoms with Crippen LogP contribution in [0.2, 0.25) is 0 Å². The molecule has 1 aliphatic heterocycles. The monoisotopic (exact) mass is 223 g/mol. The van der Waals surface area contributed by atoms with Crippen molar-refractivity contribution in [3.8, 4) is 0 Å². The highest BCUT2D eigenvalue weighted by molar-refractivity contribution is 8.13. The average Bonchev–Trinajstić information content (AvgIpc) is 2.48. The van der Waals surface area contributed by atoms with Gasteiger partial charge in [-0.3, -0.25) is 4.90 Å². The van der Waals surface area contributed by atoms with E-state index in [0.29, 0.717) is 0 Å². The van der Waals surface area contributed by atoms with Crippen molar-refractivity contribution in [1.29, 1.82) is 0 Å². The van der Waals surface area contributed by atoms with Gasteiger partial charge in [-0.25, -0.2) is 8.42 Å². The van der Waals surface area contributed by atoms with Gasteiger partial charge in [0, 0.05) is 17.2 Å². The lowest BCUT2D eigenvalue weighted by atomic mass is 10.4. The van der Waals surface area contributed by atoms with E-state index < -0.39 is 9.05 Å². The van der Waals surface area contributed by atoms with Gasteiger partial charge in [0.15, 0.2) is 0 Å². The summed E-state index contributed by atoms with van der Waals surface area (Å²) in [7, 11) is 1.68. The molecule has 0 amide bonds. The SMILES string of the molecule is O=S(=O)(Cl)C/C=C\CN1CCCC1. The summed E-state index contributed by atoms with van der Waals surface area (Å²) in [5.41, 5.74) is 0. The Morgan fingerprint density at radius 2 is 1.85 bits per heavy atom. The van der Waals surface area contributed by atoms with Crippen LogP contribution in [0.25, 0.3) is 0 Å². The largest absolute Gasteiger partial charge is 0.300 e. The Labute approximate surface area is 83.8 Å². The molecule has 0 bridgehead atoms. The van der Waals surface area contributed by atoms with Gasteiger partial charge in [-0.05, 0) is 25.9 Å². The van der Waals surface area contributed by atoms with Gasteiger partial charge in [-0.1, -0.05) is 12.2 Å². The average molecular weight is 224 g/mol. The van der Waals surface area contributed by atoms with Gasteiger partial charge >= 0.3 is 0 Å². The van der Waals surface area contributed by atoms with Gasteiger partial charge in [0.25, 0.3) is 0 Å². The highest BCUT2D eigenvalue weighted by Crippen LogP contribution is 2.06. The predicted octanol–water partition coefficient (Wildman–Crippen LogP) is 1.21. The van der Waals surface area contributed by atoms with Gasteiger partial charge in [0.05, 0.1) is 5.75 Å². The maximum absolute atomic E-state index is 10.5.